The van der Waals surface area contributed by atoms with Gasteiger partial charge in [0.2, 0.25) is 5.90 Å². The average Bonchev–Trinajstić information content (AvgIpc) is 2.66. The summed E-state index contributed by atoms with van der Waals surface area (Å²) in [6.07, 6.45) is -0.494. The molecule has 0 aliphatic carbocycles. The summed E-state index contributed by atoms with van der Waals surface area (Å²) >= 11 is 0. The molecule has 1 aromatic carbocycles. The van der Waals surface area contributed by atoms with Crippen LogP contribution in [0.15, 0.2) is 29.3 Å². The van der Waals surface area contributed by atoms with Crippen molar-refractivity contribution in [3.63, 3.8) is 0 Å². The lowest BCUT2D eigenvalue weighted by molar-refractivity contribution is -0.138. The zero-order chi connectivity index (χ0) is 11.5. The molecule has 1 aromatic rings. The van der Waals surface area contributed by atoms with Gasteiger partial charge in [0.15, 0.2) is 0 Å². The minimum atomic E-state index is -0.916. The summed E-state index contributed by atoms with van der Waals surface area (Å²) in [6.45, 7) is 0.332. The third-order valence-corrected chi connectivity index (χ3v) is 2.21. The minimum Gasteiger partial charge on any atom is -0.481 e. The van der Waals surface area contributed by atoms with Gasteiger partial charge in [0.1, 0.15) is 11.9 Å². The topological polar surface area (TPSA) is 58.9 Å². The predicted octanol–water partition coefficient (Wildman–Crippen LogP) is 1.45. The van der Waals surface area contributed by atoms with Gasteiger partial charge in [-0.1, -0.05) is 0 Å². The largest absolute Gasteiger partial charge is 0.481 e. The van der Waals surface area contributed by atoms with Gasteiger partial charge in [-0.05, 0) is 24.3 Å². The van der Waals surface area contributed by atoms with Crippen molar-refractivity contribution in [2.24, 2.45) is 4.99 Å². The first-order chi connectivity index (χ1) is 7.65. The van der Waals surface area contributed by atoms with E-state index in [9.17, 15) is 9.18 Å². The van der Waals surface area contributed by atoms with Crippen LogP contribution in [-0.2, 0) is 9.53 Å². The molecule has 1 heterocycles. The molecule has 2 rings (SSSR count). The molecule has 0 fully saturated rings. The van der Waals surface area contributed by atoms with E-state index in [0.717, 1.165) is 0 Å². The van der Waals surface area contributed by atoms with Crippen LogP contribution in [0.2, 0.25) is 0 Å². The van der Waals surface area contributed by atoms with Crippen molar-refractivity contribution >= 4 is 11.9 Å². The van der Waals surface area contributed by atoms with Gasteiger partial charge >= 0.3 is 5.97 Å². The summed E-state index contributed by atoms with van der Waals surface area (Å²) in [5.41, 5.74) is 0.661. The Balaban J connectivity index is 2.03. The molecule has 1 atom stereocenters. The number of hydrogen-bond acceptors (Lipinski definition) is 3. The second kappa shape index (κ2) is 4.30. The van der Waals surface area contributed by atoms with E-state index >= 15 is 0 Å². The average molecular weight is 223 g/mol. The Bertz CT molecular complexity index is 427. The highest BCUT2D eigenvalue weighted by molar-refractivity contribution is 5.95. The van der Waals surface area contributed by atoms with Crippen molar-refractivity contribution in [2.45, 2.75) is 12.5 Å². The summed E-state index contributed by atoms with van der Waals surface area (Å²) < 4.78 is 18.0. The molecule has 0 saturated carbocycles. The fourth-order valence-electron chi connectivity index (χ4n) is 1.47. The predicted molar refractivity (Wildman–Crippen MR) is 54.9 cm³/mol. The van der Waals surface area contributed by atoms with E-state index < -0.39 is 12.1 Å². The number of rotatable bonds is 3. The first-order valence-corrected chi connectivity index (χ1v) is 4.84. The van der Waals surface area contributed by atoms with Crippen LogP contribution in [0.5, 0.6) is 0 Å². The van der Waals surface area contributed by atoms with Gasteiger partial charge in [0.05, 0.1) is 13.0 Å². The van der Waals surface area contributed by atoms with Crippen LogP contribution in [0.25, 0.3) is 0 Å². The Morgan fingerprint density at radius 2 is 2.19 bits per heavy atom. The highest BCUT2D eigenvalue weighted by Gasteiger charge is 2.23. The maximum atomic E-state index is 12.7. The number of carbonyl (C=O) groups is 1. The summed E-state index contributed by atoms with van der Waals surface area (Å²) in [7, 11) is 0. The molecule has 1 aliphatic heterocycles. The first-order valence-electron chi connectivity index (χ1n) is 4.84. The van der Waals surface area contributed by atoms with Gasteiger partial charge in [0, 0.05) is 5.56 Å². The molecule has 1 unspecified atom stereocenters. The zero-order valence-electron chi connectivity index (χ0n) is 8.39. The van der Waals surface area contributed by atoms with Gasteiger partial charge < -0.3 is 9.84 Å². The number of hydrogen-bond donors (Lipinski definition) is 1. The number of aliphatic carboxylic acids is 1. The van der Waals surface area contributed by atoms with Gasteiger partial charge in [-0.15, -0.1) is 0 Å². The van der Waals surface area contributed by atoms with Crippen molar-refractivity contribution in [1.29, 1.82) is 0 Å². The summed E-state index contributed by atoms with van der Waals surface area (Å²) in [6, 6.07) is 5.73. The van der Waals surface area contributed by atoms with Crippen molar-refractivity contribution in [3.8, 4) is 0 Å². The lowest BCUT2D eigenvalue weighted by atomic mass is 10.2. The molecule has 0 amide bonds. The van der Waals surface area contributed by atoms with Crippen LogP contribution in [0.1, 0.15) is 12.0 Å². The molecule has 16 heavy (non-hydrogen) atoms. The van der Waals surface area contributed by atoms with Crippen molar-refractivity contribution < 1.29 is 19.0 Å². The third kappa shape index (κ3) is 2.36. The number of ether oxygens (including phenoxy) is 1. The molecule has 4 nitrogen and oxygen atoms in total. The van der Waals surface area contributed by atoms with Crippen molar-refractivity contribution in [1.82, 2.24) is 0 Å². The van der Waals surface area contributed by atoms with Gasteiger partial charge in [-0.25, -0.2) is 9.38 Å². The number of nitrogens with zero attached hydrogens (tertiary/aromatic N) is 1. The number of carboxylic acid groups (broad SMARTS) is 1. The Morgan fingerprint density at radius 1 is 1.50 bits per heavy atom. The SMILES string of the molecule is O=C(O)CC1CN=C(c2ccc(F)cc2)O1. The van der Waals surface area contributed by atoms with Crippen LogP contribution in [-0.4, -0.2) is 29.6 Å². The molecular formula is C11H10FNO3. The van der Waals surface area contributed by atoms with E-state index in [2.05, 4.69) is 4.99 Å². The third-order valence-electron chi connectivity index (χ3n) is 2.21. The van der Waals surface area contributed by atoms with Gasteiger partial charge in [0.25, 0.3) is 0 Å². The molecule has 84 valence electrons. The smallest absolute Gasteiger partial charge is 0.307 e. The lowest BCUT2D eigenvalue weighted by Gasteiger charge is -2.08. The van der Waals surface area contributed by atoms with Crippen LogP contribution in [0, 0.1) is 5.82 Å². The molecule has 0 spiro atoms. The van der Waals surface area contributed by atoms with Crippen LogP contribution in [0.4, 0.5) is 4.39 Å². The summed E-state index contributed by atoms with van der Waals surface area (Å²) in [4.78, 5) is 14.5. The van der Waals surface area contributed by atoms with Gasteiger partial charge in [-0.2, -0.15) is 0 Å². The maximum Gasteiger partial charge on any atom is 0.307 e. The minimum absolute atomic E-state index is 0.0752. The van der Waals surface area contributed by atoms with Crippen LogP contribution < -0.4 is 0 Å². The van der Waals surface area contributed by atoms with Crippen molar-refractivity contribution in [2.75, 3.05) is 6.54 Å². The lowest BCUT2D eigenvalue weighted by Crippen LogP contribution is -2.17. The van der Waals surface area contributed by atoms with Gasteiger partial charge in [-0.3, -0.25) is 4.79 Å². The second-order valence-corrected chi connectivity index (χ2v) is 3.49. The summed E-state index contributed by atoms with van der Waals surface area (Å²) in [5.74, 6) is -0.865. The molecule has 0 bridgehead atoms. The maximum absolute atomic E-state index is 12.7. The number of halogens is 1. The number of aliphatic imine (C=N–C) groups is 1. The molecule has 5 heteroatoms. The highest BCUT2D eigenvalue weighted by atomic mass is 19.1. The quantitative estimate of drug-likeness (QED) is 0.843. The molecule has 1 N–H and O–H groups in total. The Hall–Kier alpha value is -1.91. The molecular weight excluding hydrogens is 213 g/mol. The fourth-order valence-corrected chi connectivity index (χ4v) is 1.47. The zero-order valence-corrected chi connectivity index (χ0v) is 8.39. The molecule has 0 radical (unpaired) electrons. The monoisotopic (exact) mass is 223 g/mol. The van der Waals surface area contributed by atoms with E-state index in [1.54, 1.807) is 12.1 Å². The standard InChI is InChI=1S/C11H10FNO3/c12-8-3-1-7(2-4-8)11-13-6-9(16-11)5-10(14)15/h1-4,9H,5-6H2,(H,14,15). The van der Waals surface area contributed by atoms with Crippen molar-refractivity contribution in [3.05, 3.63) is 35.6 Å². The molecule has 1 aliphatic rings. The van der Waals surface area contributed by atoms with Crippen LogP contribution >= 0.6 is 0 Å². The Kier molecular flexibility index (Phi) is 2.85. The fraction of sp³-hybridized carbons (Fsp3) is 0.273. The first kappa shape index (κ1) is 10.6. The van der Waals surface area contributed by atoms with E-state index in [-0.39, 0.29) is 12.2 Å². The van der Waals surface area contributed by atoms with E-state index in [1.807, 2.05) is 0 Å². The van der Waals surface area contributed by atoms with E-state index in [1.165, 1.54) is 12.1 Å². The molecule has 0 aromatic heterocycles. The normalized spacial score (nSPS) is 19.1. The highest BCUT2D eigenvalue weighted by Crippen LogP contribution is 2.15. The van der Waals surface area contributed by atoms with E-state index in [0.29, 0.717) is 18.0 Å². The van der Waals surface area contributed by atoms with Crippen LogP contribution in [0.3, 0.4) is 0 Å². The number of benzene rings is 1. The van der Waals surface area contributed by atoms with E-state index in [4.69, 9.17) is 9.84 Å². The second-order valence-electron chi connectivity index (χ2n) is 3.49. The number of carboxylic acids is 1. The Morgan fingerprint density at radius 3 is 2.81 bits per heavy atom. The molecule has 0 saturated heterocycles. The summed E-state index contributed by atoms with van der Waals surface area (Å²) in [5, 5.41) is 8.59. The Labute approximate surface area is 91.4 Å².